The average molecular weight is 245 g/mol. The first-order chi connectivity index (χ1) is 8.24. The second-order valence-electron chi connectivity index (χ2n) is 4.46. The van der Waals surface area contributed by atoms with Crippen molar-refractivity contribution in [2.24, 2.45) is 5.92 Å². The average Bonchev–Trinajstić information content (AvgIpc) is 2.34. The summed E-state index contributed by atoms with van der Waals surface area (Å²) in [4.78, 5) is 11.4. The third kappa shape index (κ3) is 6.00. The predicted octanol–water partition coefficient (Wildman–Crippen LogP) is 0.317. The van der Waals surface area contributed by atoms with Crippen LogP contribution < -0.4 is 5.32 Å². The molecule has 1 amide bonds. The lowest BCUT2D eigenvalue weighted by molar-refractivity contribution is -0.126. The van der Waals surface area contributed by atoms with Crippen LogP contribution in [0.5, 0.6) is 0 Å². The van der Waals surface area contributed by atoms with E-state index >= 15 is 0 Å². The Kier molecular flexibility index (Phi) is 7.16. The number of nitrogens with one attached hydrogen (secondary N) is 1. The van der Waals surface area contributed by atoms with Gasteiger partial charge in [0, 0.05) is 19.6 Å². The summed E-state index contributed by atoms with van der Waals surface area (Å²) in [6.07, 6.45) is 3.81. The second-order valence-corrected chi connectivity index (χ2v) is 4.46. The number of amides is 1. The van der Waals surface area contributed by atoms with Crippen LogP contribution in [0.3, 0.4) is 0 Å². The first-order valence-corrected chi connectivity index (χ1v) is 6.25. The summed E-state index contributed by atoms with van der Waals surface area (Å²) in [7, 11) is 1.59. The Labute approximate surface area is 102 Å². The highest BCUT2D eigenvalue weighted by molar-refractivity contribution is 5.77. The molecule has 5 nitrogen and oxygen atoms in total. The summed E-state index contributed by atoms with van der Waals surface area (Å²) >= 11 is 0. The maximum atomic E-state index is 11.4. The molecule has 0 aliphatic heterocycles. The van der Waals surface area contributed by atoms with E-state index in [1.54, 1.807) is 7.11 Å². The molecule has 5 heteroatoms. The number of hydrogen-bond acceptors (Lipinski definition) is 4. The van der Waals surface area contributed by atoms with Crippen molar-refractivity contribution >= 4 is 5.91 Å². The number of hydrogen-bond donors (Lipinski definition) is 2. The highest BCUT2D eigenvalue weighted by Gasteiger charge is 2.23. The number of carbonyl (C=O) groups excluding carboxylic acids is 1. The van der Waals surface area contributed by atoms with Gasteiger partial charge in [-0.1, -0.05) is 12.8 Å². The lowest BCUT2D eigenvalue weighted by Crippen LogP contribution is -2.38. The molecule has 0 spiro atoms. The Hall–Kier alpha value is -0.650. The highest BCUT2D eigenvalue weighted by Crippen LogP contribution is 2.23. The minimum Gasteiger partial charge on any atom is -0.393 e. The molecule has 0 saturated heterocycles. The number of methoxy groups -OCH3 is 1. The lowest BCUT2D eigenvalue weighted by Gasteiger charge is -2.27. The minimum absolute atomic E-state index is 0.0617. The molecule has 0 radical (unpaired) electrons. The molecule has 1 rings (SSSR count). The van der Waals surface area contributed by atoms with Gasteiger partial charge in [0.25, 0.3) is 0 Å². The molecule has 1 aliphatic rings. The molecular formula is C12H23NO4. The fraction of sp³-hybridized carbons (Fsp3) is 0.917. The first kappa shape index (κ1) is 14.4. The second kappa shape index (κ2) is 8.44. The molecule has 17 heavy (non-hydrogen) atoms. The summed E-state index contributed by atoms with van der Waals surface area (Å²) in [5.74, 6) is 0.0746. The van der Waals surface area contributed by atoms with Crippen LogP contribution in [0.2, 0.25) is 0 Å². The van der Waals surface area contributed by atoms with Crippen molar-refractivity contribution in [1.29, 1.82) is 0 Å². The standard InChI is InChI=1S/C12H23NO4/c1-16-6-7-17-9-12(15)13-8-10-4-2-3-5-11(10)14/h10-11,14H,2-9H2,1H3,(H,13,15). The molecule has 0 aromatic rings. The molecule has 1 aliphatic carbocycles. The zero-order valence-corrected chi connectivity index (χ0v) is 10.5. The van der Waals surface area contributed by atoms with Crippen LogP contribution in [0.4, 0.5) is 0 Å². The van der Waals surface area contributed by atoms with Crippen molar-refractivity contribution in [1.82, 2.24) is 5.32 Å². The van der Waals surface area contributed by atoms with Gasteiger partial charge < -0.3 is 19.9 Å². The normalized spacial score (nSPS) is 24.6. The van der Waals surface area contributed by atoms with E-state index < -0.39 is 0 Å². The molecule has 2 N–H and O–H groups in total. The van der Waals surface area contributed by atoms with Crippen molar-refractivity contribution in [3.8, 4) is 0 Å². The minimum atomic E-state index is -0.265. The lowest BCUT2D eigenvalue weighted by atomic mass is 9.86. The van der Waals surface area contributed by atoms with Gasteiger partial charge in [-0.15, -0.1) is 0 Å². The van der Waals surface area contributed by atoms with E-state index in [2.05, 4.69) is 5.32 Å². The summed E-state index contributed by atoms with van der Waals surface area (Å²) in [6, 6.07) is 0. The molecule has 0 aromatic heterocycles. The largest absolute Gasteiger partial charge is 0.393 e. The Bertz CT molecular complexity index is 223. The first-order valence-electron chi connectivity index (χ1n) is 6.25. The van der Waals surface area contributed by atoms with Crippen LogP contribution in [0.25, 0.3) is 0 Å². The van der Waals surface area contributed by atoms with Gasteiger partial charge in [-0.25, -0.2) is 0 Å². The number of carbonyl (C=O) groups is 1. The maximum absolute atomic E-state index is 11.4. The quantitative estimate of drug-likeness (QED) is 0.634. The van der Waals surface area contributed by atoms with Crippen LogP contribution in [-0.2, 0) is 14.3 Å². The number of ether oxygens (including phenoxy) is 2. The van der Waals surface area contributed by atoms with E-state index in [0.29, 0.717) is 19.8 Å². The third-order valence-corrected chi connectivity index (χ3v) is 3.10. The van der Waals surface area contributed by atoms with E-state index in [9.17, 15) is 9.90 Å². The fourth-order valence-electron chi connectivity index (χ4n) is 2.03. The molecule has 1 saturated carbocycles. The van der Waals surface area contributed by atoms with Crippen LogP contribution in [0.15, 0.2) is 0 Å². The fourth-order valence-corrected chi connectivity index (χ4v) is 2.03. The van der Waals surface area contributed by atoms with Gasteiger partial charge in [0.2, 0.25) is 5.91 Å². The van der Waals surface area contributed by atoms with Crippen LogP contribution >= 0.6 is 0 Å². The monoisotopic (exact) mass is 245 g/mol. The van der Waals surface area contributed by atoms with Crippen molar-refractivity contribution in [2.75, 3.05) is 33.5 Å². The van der Waals surface area contributed by atoms with Gasteiger partial charge in [-0.3, -0.25) is 4.79 Å². The topological polar surface area (TPSA) is 67.8 Å². The smallest absolute Gasteiger partial charge is 0.246 e. The Balaban J connectivity index is 2.06. The molecule has 0 aromatic carbocycles. The van der Waals surface area contributed by atoms with Crippen molar-refractivity contribution in [3.05, 3.63) is 0 Å². The van der Waals surface area contributed by atoms with Gasteiger partial charge in [0.15, 0.2) is 0 Å². The molecule has 100 valence electrons. The zero-order valence-electron chi connectivity index (χ0n) is 10.5. The predicted molar refractivity (Wildman–Crippen MR) is 63.7 cm³/mol. The van der Waals surface area contributed by atoms with Gasteiger partial charge in [0.05, 0.1) is 19.3 Å². The third-order valence-electron chi connectivity index (χ3n) is 3.10. The molecule has 1 fully saturated rings. The zero-order chi connectivity index (χ0) is 12.5. The van der Waals surface area contributed by atoms with Gasteiger partial charge in [-0.2, -0.15) is 0 Å². The summed E-state index contributed by atoms with van der Waals surface area (Å²) in [5, 5.41) is 12.5. The van der Waals surface area contributed by atoms with Crippen LogP contribution in [0.1, 0.15) is 25.7 Å². The summed E-state index contributed by atoms with van der Waals surface area (Å²) in [6.45, 7) is 1.53. The van der Waals surface area contributed by atoms with Crippen molar-refractivity contribution < 1.29 is 19.4 Å². The molecule has 2 unspecified atom stereocenters. The number of aliphatic hydroxyl groups excluding tert-OH is 1. The van der Waals surface area contributed by atoms with Gasteiger partial charge in [0.1, 0.15) is 6.61 Å². The Morgan fingerprint density at radius 1 is 1.35 bits per heavy atom. The van der Waals surface area contributed by atoms with Crippen molar-refractivity contribution in [3.63, 3.8) is 0 Å². The van der Waals surface area contributed by atoms with Crippen molar-refractivity contribution in [2.45, 2.75) is 31.8 Å². The SMILES string of the molecule is COCCOCC(=O)NCC1CCCCC1O. The van der Waals surface area contributed by atoms with Gasteiger partial charge in [-0.05, 0) is 12.8 Å². The number of aliphatic hydroxyl groups is 1. The van der Waals surface area contributed by atoms with E-state index in [4.69, 9.17) is 9.47 Å². The Morgan fingerprint density at radius 2 is 2.12 bits per heavy atom. The van der Waals surface area contributed by atoms with Gasteiger partial charge >= 0.3 is 0 Å². The highest BCUT2D eigenvalue weighted by atomic mass is 16.5. The van der Waals surface area contributed by atoms with E-state index in [1.807, 2.05) is 0 Å². The summed E-state index contributed by atoms with van der Waals surface area (Å²) in [5.41, 5.74) is 0. The Morgan fingerprint density at radius 3 is 2.82 bits per heavy atom. The maximum Gasteiger partial charge on any atom is 0.246 e. The molecular weight excluding hydrogens is 222 g/mol. The van der Waals surface area contributed by atoms with Crippen LogP contribution in [0, 0.1) is 5.92 Å². The van der Waals surface area contributed by atoms with E-state index in [-0.39, 0.29) is 24.5 Å². The molecule has 2 atom stereocenters. The van der Waals surface area contributed by atoms with E-state index in [0.717, 1.165) is 25.7 Å². The van der Waals surface area contributed by atoms with Crippen LogP contribution in [-0.4, -0.2) is 50.6 Å². The number of rotatable bonds is 7. The molecule has 0 heterocycles. The summed E-state index contributed by atoms with van der Waals surface area (Å²) < 4.78 is 9.91. The van der Waals surface area contributed by atoms with E-state index in [1.165, 1.54) is 0 Å². The molecule has 0 bridgehead atoms.